The quantitative estimate of drug-likeness (QED) is 0.944. The van der Waals surface area contributed by atoms with Crippen LogP contribution in [-0.2, 0) is 18.6 Å². The smallest absolute Gasteiger partial charge is 0.112 e. The van der Waals surface area contributed by atoms with E-state index in [0.29, 0.717) is 22.3 Å². The van der Waals surface area contributed by atoms with E-state index in [1.807, 2.05) is 6.07 Å². The molecule has 0 aliphatic rings. The monoisotopic (exact) mass is 313 g/mol. The van der Waals surface area contributed by atoms with E-state index in [0.717, 1.165) is 11.3 Å². The molecule has 0 amide bonds. The molecule has 0 spiro atoms. The van der Waals surface area contributed by atoms with Crippen molar-refractivity contribution in [3.8, 4) is 0 Å². The number of nitrogens with zero attached hydrogens (tertiary/aromatic N) is 3. The number of hydrogen-bond donors (Lipinski definition) is 1. The van der Waals surface area contributed by atoms with Crippen LogP contribution in [0.5, 0.6) is 0 Å². The highest BCUT2D eigenvalue weighted by atomic mass is 35.5. The Kier molecular flexibility index (Phi) is 4.37. The van der Waals surface area contributed by atoms with E-state index < -0.39 is 0 Å². The van der Waals surface area contributed by atoms with Gasteiger partial charge in [0.1, 0.15) is 5.69 Å². The van der Waals surface area contributed by atoms with Crippen molar-refractivity contribution in [3.05, 3.63) is 45.2 Å². The fourth-order valence-corrected chi connectivity index (χ4v) is 2.67. The molecule has 0 aliphatic carbocycles. The van der Waals surface area contributed by atoms with Gasteiger partial charge in [-0.15, -0.1) is 5.10 Å². The fourth-order valence-electron chi connectivity index (χ4n) is 2.20. The highest BCUT2D eigenvalue weighted by Crippen LogP contribution is 2.27. The molecule has 2 aromatic rings. The third kappa shape index (κ3) is 3.14. The van der Waals surface area contributed by atoms with Crippen LogP contribution >= 0.6 is 23.2 Å². The molecule has 0 saturated heterocycles. The number of aliphatic hydroxyl groups excluding tert-OH is 1. The number of benzene rings is 1. The lowest BCUT2D eigenvalue weighted by Gasteiger charge is -2.21. The minimum absolute atomic E-state index is 0.124. The number of hydrogen-bond acceptors (Lipinski definition) is 3. The molecule has 2 rings (SSSR count). The normalized spacial score (nSPS) is 11.9. The van der Waals surface area contributed by atoms with Crippen molar-refractivity contribution < 1.29 is 5.11 Å². The lowest BCUT2D eigenvalue weighted by Crippen LogP contribution is -2.21. The first-order chi connectivity index (χ1) is 9.32. The Morgan fingerprint density at radius 1 is 1.25 bits per heavy atom. The largest absolute Gasteiger partial charge is 0.390 e. The van der Waals surface area contributed by atoms with Gasteiger partial charge in [-0.2, -0.15) is 0 Å². The van der Waals surface area contributed by atoms with E-state index in [1.165, 1.54) is 0 Å². The average Bonchev–Trinajstić information content (AvgIpc) is 2.75. The number of aliphatic hydroxyl groups is 1. The summed E-state index contributed by atoms with van der Waals surface area (Å²) in [4.78, 5) is 0. The fraction of sp³-hybridized carbons (Fsp3) is 0.429. The minimum atomic E-state index is -0.166. The van der Waals surface area contributed by atoms with Crippen LogP contribution in [0.15, 0.2) is 18.2 Å². The molecule has 0 aliphatic heterocycles. The maximum atomic E-state index is 9.39. The first kappa shape index (κ1) is 15.3. The van der Waals surface area contributed by atoms with Crippen LogP contribution in [0, 0.1) is 0 Å². The molecule has 108 valence electrons. The zero-order chi connectivity index (χ0) is 14.9. The Balaban J connectivity index is 2.41. The Morgan fingerprint density at radius 2 is 1.95 bits per heavy atom. The van der Waals surface area contributed by atoms with E-state index in [2.05, 4.69) is 31.1 Å². The minimum Gasteiger partial charge on any atom is -0.390 e. The Labute approximate surface area is 128 Å². The van der Waals surface area contributed by atoms with Crippen molar-refractivity contribution in [1.29, 1.82) is 0 Å². The van der Waals surface area contributed by atoms with Gasteiger partial charge < -0.3 is 5.11 Å². The van der Waals surface area contributed by atoms with Gasteiger partial charge in [0.05, 0.1) is 18.8 Å². The summed E-state index contributed by atoms with van der Waals surface area (Å²) >= 11 is 12.1. The van der Waals surface area contributed by atoms with Crippen LogP contribution in [0.2, 0.25) is 10.0 Å². The van der Waals surface area contributed by atoms with Crippen molar-refractivity contribution in [1.82, 2.24) is 15.0 Å². The summed E-state index contributed by atoms with van der Waals surface area (Å²) in [5.41, 5.74) is 2.25. The molecule has 0 radical (unpaired) electrons. The summed E-state index contributed by atoms with van der Waals surface area (Å²) < 4.78 is 1.78. The summed E-state index contributed by atoms with van der Waals surface area (Å²) in [6, 6.07) is 5.37. The maximum absolute atomic E-state index is 9.39. The van der Waals surface area contributed by atoms with Crippen molar-refractivity contribution >= 4 is 23.2 Å². The SMILES string of the molecule is CC(C)(C)c1c(CO)nnn1Cc1ccc(Cl)cc1Cl. The van der Waals surface area contributed by atoms with Gasteiger partial charge in [0.25, 0.3) is 0 Å². The van der Waals surface area contributed by atoms with Gasteiger partial charge in [-0.1, -0.05) is 55.3 Å². The van der Waals surface area contributed by atoms with Crippen LogP contribution in [0.3, 0.4) is 0 Å². The van der Waals surface area contributed by atoms with Crippen molar-refractivity contribution in [3.63, 3.8) is 0 Å². The Bertz CT molecular complexity index is 617. The molecule has 1 aromatic heterocycles. The number of halogens is 2. The first-order valence-electron chi connectivity index (χ1n) is 6.30. The van der Waals surface area contributed by atoms with E-state index in [4.69, 9.17) is 23.2 Å². The van der Waals surface area contributed by atoms with E-state index >= 15 is 0 Å². The molecule has 6 heteroatoms. The van der Waals surface area contributed by atoms with Gasteiger partial charge in [-0.25, -0.2) is 4.68 Å². The highest BCUT2D eigenvalue weighted by molar-refractivity contribution is 6.35. The molecule has 0 saturated carbocycles. The summed E-state index contributed by atoms with van der Waals surface area (Å²) in [5, 5.41) is 18.8. The van der Waals surface area contributed by atoms with Crippen LogP contribution in [0.1, 0.15) is 37.7 Å². The van der Waals surface area contributed by atoms with Gasteiger partial charge in [-0.3, -0.25) is 0 Å². The van der Waals surface area contributed by atoms with Crippen molar-refractivity contribution in [2.24, 2.45) is 0 Å². The molecule has 0 atom stereocenters. The van der Waals surface area contributed by atoms with Crippen molar-refractivity contribution in [2.75, 3.05) is 0 Å². The second-order valence-corrected chi connectivity index (χ2v) is 6.53. The molecule has 0 fully saturated rings. The molecular formula is C14H17Cl2N3O. The van der Waals surface area contributed by atoms with Gasteiger partial charge in [0.2, 0.25) is 0 Å². The predicted molar refractivity (Wildman–Crippen MR) is 80.2 cm³/mol. The summed E-state index contributed by atoms with van der Waals surface area (Å²) in [6.07, 6.45) is 0. The lowest BCUT2D eigenvalue weighted by molar-refractivity contribution is 0.273. The van der Waals surface area contributed by atoms with E-state index in [9.17, 15) is 5.11 Å². The highest BCUT2D eigenvalue weighted by Gasteiger charge is 2.25. The predicted octanol–water partition coefficient (Wildman–Crippen LogP) is 3.42. The Hall–Kier alpha value is -1.10. The van der Waals surface area contributed by atoms with Crippen LogP contribution in [0.25, 0.3) is 0 Å². The van der Waals surface area contributed by atoms with Gasteiger partial charge in [0.15, 0.2) is 0 Å². The van der Waals surface area contributed by atoms with Crippen LogP contribution < -0.4 is 0 Å². The molecule has 0 bridgehead atoms. The topological polar surface area (TPSA) is 50.9 Å². The second kappa shape index (κ2) is 5.72. The second-order valence-electron chi connectivity index (χ2n) is 5.69. The van der Waals surface area contributed by atoms with Gasteiger partial charge in [-0.05, 0) is 17.7 Å². The van der Waals surface area contributed by atoms with Gasteiger partial charge in [0, 0.05) is 15.5 Å². The van der Waals surface area contributed by atoms with Crippen LogP contribution in [-0.4, -0.2) is 20.1 Å². The molecular weight excluding hydrogens is 297 g/mol. The van der Waals surface area contributed by atoms with E-state index in [-0.39, 0.29) is 12.0 Å². The average molecular weight is 314 g/mol. The zero-order valence-electron chi connectivity index (χ0n) is 11.7. The molecule has 0 unspecified atom stereocenters. The molecule has 1 heterocycles. The number of rotatable bonds is 3. The number of aromatic nitrogens is 3. The van der Waals surface area contributed by atoms with Crippen LogP contribution in [0.4, 0.5) is 0 Å². The Morgan fingerprint density at radius 3 is 2.50 bits per heavy atom. The first-order valence-corrected chi connectivity index (χ1v) is 7.06. The zero-order valence-corrected chi connectivity index (χ0v) is 13.2. The van der Waals surface area contributed by atoms with Gasteiger partial charge >= 0.3 is 0 Å². The summed E-state index contributed by atoms with van der Waals surface area (Å²) in [5.74, 6) is 0. The third-order valence-corrected chi connectivity index (χ3v) is 3.59. The standard InChI is InChI=1S/C14H17Cl2N3O/c1-14(2,3)13-12(8-20)17-18-19(13)7-9-4-5-10(15)6-11(9)16/h4-6,20H,7-8H2,1-3H3. The van der Waals surface area contributed by atoms with E-state index in [1.54, 1.807) is 16.8 Å². The molecule has 1 aromatic carbocycles. The molecule has 4 nitrogen and oxygen atoms in total. The lowest BCUT2D eigenvalue weighted by atomic mass is 9.90. The third-order valence-electron chi connectivity index (χ3n) is 3.00. The summed E-state index contributed by atoms with van der Waals surface area (Å²) in [7, 11) is 0. The summed E-state index contributed by atoms with van der Waals surface area (Å²) in [6.45, 7) is 6.55. The molecule has 20 heavy (non-hydrogen) atoms. The van der Waals surface area contributed by atoms with Crippen molar-refractivity contribution in [2.45, 2.75) is 39.3 Å². The molecule has 1 N–H and O–H groups in total. The maximum Gasteiger partial charge on any atom is 0.112 e.